The van der Waals surface area contributed by atoms with Crippen molar-refractivity contribution in [2.45, 2.75) is 39.6 Å². The van der Waals surface area contributed by atoms with Crippen LogP contribution in [0, 0.1) is 6.92 Å². The molecule has 3 aromatic rings. The number of rotatable bonds is 7. The predicted molar refractivity (Wildman–Crippen MR) is 127 cm³/mol. The van der Waals surface area contributed by atoms with Gasteiger partial charge in [0.15, 0.2) is 0 Å². The van der Waals surface area contributed by atoms with Crippen LogP contribution in [0.3, 0.4) is 0 Å². The number of amides is 1. The summed E-state index contributed by atoms with van der Waals surface area (Å²) in [5.41, 5.74) is 2.56. The molecule has 0 bridgehead atoms. The molecule has 2 unspecified atom stereocenters. The number of aryl methyl sites for hydroxylation is 1. The van der Waals surface area contributed by atoms with Crippen molar-refractivity contribution in [2.24, 2.45) is 0 Å². The maximum Gasteiger partial charge on any atom is 0.336 e. The zero-order chi connectivity index (χ0) is 23.4. The lowest BCUT2D eigenvalue weighted by atomic mass is 10.1. The van der Waals surface area contributed by atoms with E-state index in [9.17, 15) is 9.59 Å². The molecule has 174 valence electrons. The number of hydrogen-bond donors (Lipinski definition) is 1. The fourth-order valence-corrected chi connectivity index (χ4v) is 4.21. The molecule has 0 spiro atoms. The van der Waals surface area contributed by atoms with Crippen LogP contribution >= 0.6 is 0 Å². The first kappa shape index (κ1) is 23.0. The number of benzene rings is 2. The number of nitrogens with zero attached hydrogens (tertiary/aromatic N) is 1. The molecular weight excluding hydrogens is 420 g/mol. The summed E-state index contributed by atoms with van der Waals surface area (Å²) < 4.78 is 16.9. The van der Waals surface area contributed by atoms with Crippen molar-refractivity contribution in [1.29, 1.82) is 0 Å². The van der Waals surface area contributed by atoms with Crippen LogP contribution in [0.25, 0.3) is 11.0 Å². The zero-order valence-electron chi connectivity index (χ0n) is 19.3. The van der Waals surface area contributed by atoms with Gasteiger partial charge < -0.3 is 19.2 Å². The van der Waals surface area contributed by atoms with Crippen molar-refractivity contribution >= 4 is 16.9 Å². The number of carbonyl (C=O) groups excluding carboxylic acids is 1. The minimum Gasteiger partial charge on any atom is -0.489 e. The van der Waals surface area contributed by atoms with Gasteiger partial charge in [-0.3, -0.25) is 9.69 Å². The summed E-state index contributed by atoms with van der Waals surface area (Å²) in [5.74, 6) is 0.529. The molecule has 0 radical (unpaired) electrons. The first-order valence-electron chi connectivity index (χ1n) is 11.3. The normalized spacial score (nSPS) is 18.9. The number of ether oxygens (including phenoxy) is 2. The molecule has 1 saturated heterocycles. The van der Waals surface area contributed by atoms with Gasteiger partial charge in [0.25, 0.3) is 5.91 Å². The van der Waals surface area contributed by atoms with Gasteiger partial charge in [0.05, 0.1) is 12.2 Å². The lowest BCUT2D eigenvalue weighted by Crippen LogP contribution is -2.47. The molecule has 2 atom stereocenters. The van der Waals surface area contributed by atoms with Crippen LogP contribution in [0.4, 0.5) is 0 Å². The Kier molecular flexibility index (Phi) is 7.11. The predicted octanol–water partition coefficient (Wildman–Crippen LogP) is 3.52. The monoisotopic (exact) mass is 450 g/mol. The maximum absolute atomic E-state index is 12.5. The summed E-state index contributed by atoms with van der Waals surface area (Å²) in [5, 5.41) is 3.87. The average Bonchev–Trinajstić information content (AvgIpc) is 2.77. The number of carbonyl (C=O) groups is 1. The van der Waals surface area contributed by atoms with E-state index in [0.29, 0.717) is 30.0 Å². The fraction of sp³-hybridized carbons (Fsp3) is 0.385. The van der Waals surface area contributed by atoms with E-state index >= 15 is 0 Å². The van der Waals surface area contributed by atoms with E-state index < -0.39 is 0 Å². The summed E-state index contributed by atoms with van der Waals surface area (Å²) in [6.45, 7) is 9.55. The van der Waals surface area contributed by atoms with Crippen LogP contribution in [0.2, 0.25) is 0 Å². The topological polar surface area (TPSA) is 81.0 Å². The van der Waals surface area contributed by atoms with Crippen molar-refractivity contribution in [3.63, 3.8) is 0 Å². The highest BCUT2D eigenvalue weighted by Gasteiger charge is 2.21. The van der Waals surface area contributed by atoms with Gasteiger partial charge in [-0.25, -0.2) is 4.79 Å². The second-order valence-corrected chi connectivity index (χ2v) is 8.66. The molecule has 7 heteroatoms. The molecule has 4 rings (SSSR count). The van der Waals surface area contributed by atoms with E-state index in [1.54, 1.807) is 18.2 Å². The van der Waals surface area contributed by atoms with E-state index in [2.05, 4.69) is 24.1 Å². The second-order valence-electron chi connectivity index (χ2n) is 8.66. The Morgan fingerprint density at radius 1 is 1.09 bits per heavy atom. The first-order chi connectivity index (χ1) is 15.9. The minimum absolute atomic E-state index is 0.0863. The highest BCUT2D eigenvalue weighted by atomic mass is 16.5. The third-order valence-electron chi connectivity index (χ3n) is 5.75. The van der Waals surface area contributed by atoms with E-state index in [0.717, 1.165) is 36.1 Å². The lowest BCUT2D eigenvalue weighted by molar-refractivity contribution is -0.0672. The van der Waals surface area contributed by atoms with Crippen LogP contribution in [-0.4, -0.2) is 49.2 Å². The van der Waals surface area contributed by atoms with Gasteiger partial charge in [-0.2, -0.15) is 0 Å². The van der Waals surface area contributed by atoms with Crippen molar-refractivity contribution in [2.75, 3.05) is 26.2 Å². The Morgan fingerprint density at radius 3 is 2.55 bits per heavy atom. The van der Waals surface area contributed by atoms with Crippen LogP contribution in [-0.2, 0) is 11.3 Å². The quantitative estimate of drug-likeness (QED) is 0.555. The van der Waals surface area contributed by atoms with Crippen LogP contribution in [0.1, 0.15) is 35.3 Å². The summed E-state index contributed by atoms with van der Waals surface area (Å²) in [4.78, 5) is 26.4. The minimum atomic E-state index is -0.375. The fourth-order valence-electron chi connectivity index (χ4n) is 4.21. The molecule has 0 saturated carbocycles. The number of nitrogens with one attached hydrogen (secondary N) is 1. The van der Waals surface area contributed by atoms with E-state index in [1.165, 1.54) is 6.07 Å². The highest BCUT2D eigenvalue weighted by Crippen LogP contribution is 2.23. The summed E-state index contributed by atoms with van der Waals surface area (Å²) >= 11 is 0. The SMILES string of the molecule is Cc1cc(=O)oc2cc(OCc3ccc(C(=O)NCCN4CC(C)OC(C)C4)cc3)ccc12. The Labute approximate surface area is 193 Å². The van der Waals surface area contributed by atoms with Gasteiger partial charge in [-0.05, 0) is 56.2 Å². The standard InChI is InChI=1S/C26H30N2O5/c1-17-12-25(29)33-24-13-22(8-9-23(17)24)31-16-20-4-6-21(7-5-20)26(30)27-10-11-28-14-18(2)32-19(3)15-28/h4-9,12-13,18-19H,10-11,14-16H2,1-3H3,(H,27,30). The van der Waals surface area contributed by atoms with Crippen molar-refractivity contribution in [1.82, 2.24) is 10.2 Å². The lowest BCUT2D eigenvalue weighted by Gasteiger charge is -2.35. The van der Waals surface area contributed by atoms with Crippen LogP contribution in [0.15, 0.2) is 57.7 Å². The van der Waals surface area contributed by atoms with Gasteiger partial charge in [-0.15, -0.1) is 0 Å². The first-order valence-corrected chi connectivity index (χ1v) is 11.3. The van der Waals surface area contributed by atoms with Gasteiger partial charge in [0, 0.05) is 49.3 Å². The van der Waals surface area contributed by atoms with E-state index in [1.807, 2.05) is 31.2 Å². The van der Waals surface area contributed by atoms with Crippen LogP contribution in [0.5, 0.6) is 5.75 Å². The van der Waals surface area contributed by atoms with Crippen molar-refractivity contribution in [3.8, 4) is 5.75 Å². The molecule has 1 aromatic heterocycles. The zero-order valence-corrected chi connectivity index (χ0v) is 19.3. The Hall–Kier alpha value is -3.16. The summed E-state index contributed by atoms with van der Waals surface area (Å²) in [7, 11) is 0. The Balaban J connectivity index is 1.28. The molecule has 1 fully saturated rings. The van der Waals surface area contributed by atoms with Crippen molar-refractivity contribution < 1.29 is 18.7 Å². The molecule has 7 nitrogen and oxygen atoms in total. The summed E-state index contributed by atoms with van der Waals surface area (Å²) in [6, 6.07) is 14.3. The summed E-state index contributed by atoms with van der Waals surface area (Å²) in [6.07, 6.45) is 0.438. The van der Waals surface area contributed by atoms with Gasteiger partial charge in [-0.1, -0.05) is 12.1 Å². The van der Waals surface area contributed by atoms with E-state index in [-0.39, 0.29) is 23.7 Å². The molecular formula is C26H30N2O5. The average molecular weight is 451 g/mol. The van der Waals surface area contributed by atoms with Gasteiger partial charge in [0.1, 0.15) is 17.9 Å². The smallest absolute Gasteiger partial charge is 0.336 e. The van der Waals surface area contributed by atoms with Gasteiger partial charge in [0.2, 0.25) is 0 Å². The number of fused-ring (bicyclic) bond motifs is 1. The molecule has 33 heavy (non-hydrogen) atoms. The second kappa shape index (κ2) is 10.2. The maximum atomic E-state index is 12.5. The van der Waals surface area contributed by atoms with Crippen LogP contribution < -0.4 is 15.7 Å². The molecule has 0 aliphatic carbocycles. The molecule has 1 aliphatic rings. The van der Waals surface area contributed by atoms with E-state index in [4.69, 9.17) is 13.9 Å². The molecule has 2 heterocycles. The number of hydrogen-bond acceptors (Lipinski definition) is 6. The van der Waals surface area contributed by atoms with Gasteiger partial charge >= 0.3 is 5.63 Å². The molecule has 2 aromatic carbocycles. The number of morpholine rings is 1. The third kappa shape index (κ3) is 6.00. The highest BCUT2D eigenvalue weighted by molar-refractivity contribution is 5.94. The Morgan fingerprint density at radius 2 is 1.82 bits per heavy atom. The molecule has 1 amide bonds. The molecule has 1 N–H and O–H groups in total. The molecule has 1 aliphatic heterocycles. The van der Waals surface area contributed by atoms with Crippen molar-refractivity contribution in [3.05, 3.63) is 75.6 Å². The third-order valence-corrected chi connectivity index (χ3v) is 5.75. The Bertz CT molecular complexity index is 1160. The largest absolute Gasteiger partial charge is 0.489 e.